The van der Waals surface area contributed by atoms with E-state index in [-0.39, 0.29) is 71.4 Å². The number of carbonyl (C=O) groups excluding carboxylic acids is 9. The summed E-state index contributed by atoms with van der Waals surface area (Å²) in [4.78, 5) is 107. The first-order valence-corrected chi connectivity index (χ1v) is 20.8. The van der Waals surface area contributed by atoms with E-state index in [1.165, 1.54) is 28.1 Å². The van der Waals surface area contributed by atoms with Crippen LogP contribution < -0.4 is 21.3 Å². The molecule has 0 rings (SSSR count). The summed E-state index contributed by atoms with van der Waals surface area (Å²) >= 11 is 0. The fourth-order valence-electron chi connectivity index (χ4n) is 5.03. The van der Waals surface area contributed by atoms with Crippen LogP contribution in [0.2, 0.25) is 0 Å². The topological polar surface area (TPSA) is 285 Å². The molecular formula is C41H66N4O18. The highest BCUT2D eigenvalue weighted by atomic mass is 16.6. The van der Waals surface area contributed by atoms with Crippen LogP contribution in [0.1, 0.15) is 97.3 Å². The average Bonchev–Trinajstić information content (AvgIpc) is 3.26. The first-order valence-electron chi connectivity index (χ1n) is 20.8. The molecule has 0 aromatic rings. The van der Waals surface area contributed by atoms with Gasteiger partial charge in [-0.05, 0) is 90.9 Å². The van der Waals surface area contributed by atoms with Gasteiger partial charge in [0.25, 0.3) is 0 Å². The normalized spacial score (nSPS) is 12.3. The Bertz CT molecular complexity index is 1440. The zero-order chi connectivity index (χ0) is 47.3. The fourth-order valence-corrected chi connectivity index (χ4v) is 5.03. The average molecular weight is 903 g/mol. The predicted molar refractivity (Wildman–Crippen MR) is 222 cm³/mol. The van der Waals surface area contributed by atoms with Gasteiger partial charge in [-0.1, -0.05) is 13.2 Å². The zero-order valence-electron chi connectivity index (χ0n) is 36.9. The van der Waals surface area contributed by atoms with Gasteiger partial charge in [0.05, 0.1) is 34.0 Å². The molecule has 0 saturated heterocycles. The van der Waals surface area contributed by atoms with Crippen molar-refractivity contribution in [1.29, 1.82) is 0 Å². The van der Waals surface area contributed by atoms with Crippen molar-refractivity contribution in [2.24, 2.45) is 0 Å². The monoisotopic (exact) mass is 902 g/mol. The van der Waals surface area contributed by atoms with Gasteiger partial charge >= 0.3 is 54.2 Å². The second-order valence-electron chi connectivity index (χ2n) is 13.7. The first-order chi connectivity index (χ1) is 30.1. The molecule has 0 bridgehead atoms. The summed E-state index contributed by atoms with van der Waals surface area (Å²) in [6, 6.07) is -1.96. The number of methoxy groups -OCH3 is 2. The van der Waals surface area contributed by atoms with Gasteiger partial charge in [0.1, 0.15) is 37.5 Å². The van der Waals surface area contributed by atoms with Crippen LogP contribution in [-0.4, -0.2) is 139 Å². The van der Waals surface area contributed by atoms with Crippen molar-refractivity contribution >= 4 is 54.2 Å². The van der Waals surface area contributed by atoms with Crippen molar-refractivity contribution in [1.82, 2.24) is 21.3 Å². The lowest BCUT2D eigenvalue weighted by Crippen LogP contribution is -2.43. The number of alkyl carbamates (subject to hydrolysis) is 4. The maximum Gasteiger partial charge on any atom is 0.408 e. The minimum atomic E-state index is -0.981. The number of amides is 4. The summed E-state index contributed by atoms with van der Waals surface area (Å²) in [6.07, 6.45) is 3.58. The van der Waals surface area contributed by atoms with Crippen LogP contribution in [0.3, 0.4) is 0 Å². The van der Waals surface area contributed by atoms with E-state index in [0.717, 1.165) is 12.2 Å². The van der Waals surface area contributed by atoms with E-state index in [0.29, 0.717) is 64.2 Å². The van der Waals surface area contributed by atoms with Crippen molar-refractivity contribution < 1.29 is 85.8 Å². The standard InChI is InChI=1S/C41H66N4O18/c1-7-33(46)60-27-29(3)62-40(53)44-31(36(49)55-5)19-12-14-22-42-38(51)58-25-16-9-11-21-35(48)57-24-17-10-18-26-59-39(52)43-23-15-13-20-32(37(50)56-6)45-41(54)63-30(4)28-61-34(47)8-2/h7-8,29-32H,1-2,9-28H2,3-6H3,(H,42,51)(H,43,52)(H,44,53)(H,45,54). The molecule has 4 N–H and O–H groups in total. The maximum atomic E-state index is 12.1. The van der Waals surface area contributed by atoms with Gasteiger partial charge in [-0.15, -0.1) is 0 Å². The number of rotatable bonds is 34. The minimum Gasteiger partial charge on any atom is -0.467 e. The number of nitrogens with one attached hydrogen (secondary N) is 4. The van der Waals surface area contributed by atoms with Crippen molar-refractivity contribution in [3.63, 3.8) is 0 Å². The van der Waals surface area contributed by atoms with Gasteiger partial charge in [-0.2, -0.15) is 0 Å². The lowest BCUT2D eigenvalue weighted by molar-refractivity contribution is -0.144. The van der Waals surface area contributed by atoms with Gasteiger partial charge in [0, 0.05) is 31.7 Å². The van der Waals surface area contributed by atoms with E-state index in [2.05, 4.69) is 34.4 Å². The number of unbranched alkanes of at least 4 members (excludes halogenated alkanes) is 6. The Morgan fingerprint density at radius 2 is 0.889 bits per heavy atom. The van der Waals surface area contributed by atoms with E-state index in [1.54, 1.807) is 0 Å². The summed E-state index contributed by atoms with van der Waals surface area (Å²) in [5.74, 6) is -3.00. The zero-order valence-corrected chi connectivity index (χ0v) is 36.9. The van der Waals surface area contributed by atoms with E-state index in [4.69, 9.17) is 42.6 Å². The quantitative estimate of drug-likeness (QED) is 0.0309. The second-order valence-corrected chi connectivity index (χ2v) is 13.7. The summed E-state index contributed by atoms with van der Waals surface area (Å²) in [7, 11) is 2.37. The second kappa shape index (κ2) is 36.6. The largest absolute Gasteiger partial charge is 0.467 e. The molecule has 358 valence electrons. The number of ether oxygens (including phenoxy) is 9. The molecule has 0 aliphatic carbocycles. The van der Waals surface area contributed by atoms with Gasteiger partial charge in [0.2, 0.25) is 0 Å². The highest BCUT2D eigenvalue weighted by molar-refractivity contribution is 5.83. The number of esters is 5. The lowest BCUT2D eigenvalue weighted by atomic mass is 10.1. The summed E-state index contributed by atoms with van der Waals surface area (Å²) < 4.78 is 44.8. The smallest absolute Gasteiger partial charge is 0.408 e. The van der Waals surface area contributed by atoms with Crippen LogP contribution in [0.4, 0.5) is 19.2 Å². The van der Waals surface area contributed by atoms with Crippen LogP contribution in [0, 0.1) is 0 Å². The van der Waals surface area contributed by atoms with Gasteiger partial charge in [-0.3, -0.25) is 4.79 Å². The first kappa shape index (κ1) is 56.9. The summed E-state index contributed by atoms with van der Waals surface area (Å²) in [6.45, 7) is 10.3. The molecule has 4 atom stereocenters. The van der Waals surface area contributed by atoms with E-state index in [1.807, 2.05) is 0 Å². The Labute approximate surface area is 368 Å². The van der Waals surface area contributed by atoms with Crippen molar-refractivity contribution in [3.05, 3.63) is 25.3 Å². The predicted octanol–water partition coefficient (Wildman–Crippen LogP) is 3.82. The third-order valence-corrected chi connectivity index (χ3v) is 8.35. The molecule has 0 radical (unpaired) electrons. The molecule has 0 saturated carbocycles. The molecule has 63 heavy (non-hydrogen) atoms. The molecule has 0 fully saturated rings. The molecule has 4 unspecified atom stereocenters. The molecule has 0 aliphatic heterocycles. The molecule has 0 heterocycles. The third kappa shape index (κ3) is 32.3. The Morgan fingerprint density at radius 1 is 0.492 bits per heavy atom. The Hall–Kier alpha value is -6.09. The van der Waals surface area contributed by atoms with E-state index >= 15 is 0 Å². The highest BCUT2D eigenvalue weighted by Gasteiger charge is 2.24. The van der Waals surface area contributed by atoms with Crippen LogP contribution in [0.15, 0.2) is 25.3 Å². The van der Waals surface area contributed by atoms with Gasteiger partial charge in [0.15, 0.2) is 0 Å². The Kier molecular flexibility index (Phi) is 33.0. The van der Waals surface area contributed by atoms with Crippen LogP contribution in [0.25, 0.3) is 0 Å². The van der Waals surface area contributed by atoms with Crippen molar-refractivity contribution in [2.45, 2.75) is 122 Å². The van der Waals surface area contributed by atoms with Crippen LogP contribution in [0.5, 0.6) is 0 Å². The van der Waals surface area contributed by atoms with E-state index < -0.39 is 72.5 Å². The maximum absolute atomic E-state index is 12.1. The van der Waals surface area contributed by atoms with Crippen LogP contribution in [-0.2, 0) is 66.6 Å². The van der Waals surface area contributed by atoms with Crippen molar-refractivity contribution in [3.8, 4) is 0 Å². The Morgan fingerprint density at radius 3 is 1.29 bits per heavy atom. The lowest BCUT2D eigenvalue weighted by Gasteiger charge is -2.18. The number of hydrogen-bond donors (Lipinski definition) is 4. The molecule has 4 amide bonds. The fraction of sp³-hybridized carbons (Fsp3) is 0.683. The highest BCUT2D eigenvalue weighted by Crippen LogP contribution is 2.08. The summed E-state index contributed by atoms with van der Waals surface area (Å²) in [5.41, 5.74) is 0. The van der Waals surface area contributed by atoms with Crippen LogP contribution >= 0.6 is 0 Å². The Balaban J connectivity index is 3.93. The SMILES string of the molecule is C=CC(=O)OCC(C)OC(=O)NC(CCCCNC(=O)OCCCCCOC(=O)CCCCCOC(=O)NCCCCC(NC(=O)OC(C)COC(=O)C=C)C(=O)OC)C(=O)OC. The molecule has 0 spiro atoms. The molecule has 22 heteroatoms. The number of hydrogen-bond acceptors (Lipinski definition) is 18. The van der Waals surface area contributed by atoms with Gasteiger partial charge < -0.3 is 63.9 Å². The van der Waals surface area contributed by atoms with Gasteiger partial charge in [-0.25, -0.2) is 38.4 Å². The minimum absolute atomic E-state index is 0.165. The third-order valence-electron chi connectivity index (χ3n) is 8.35. The van der Waals surface area contributed by atoms with E-state index in [9.17, 15) is 43.2 Å². The number of carbonyl (C=O) groups is 9. The van der Waals surface area contributed by atoms with Crippen molar-refractivity contribution in [2.75, 3.05) is 60.3 Å². The molecular weight excluding hydrogens is 836 g/mol. The molecule has 0 aliphatic rings. The summed E-state index contributed by atoms with van der Waals surface area (Å²) in [5, 5.41) is 10.1. The molecule has 22 nitrogen and oxygen atoms in total. The molecule has 0 aromatic carbocycles. The molecule has 0 aromatic heterocycles.